The molecule has 1 amide bonds. The van der Waals surface area contributed by atoms with Crippen LogP contribution in [0.4, 0.5) is 8.78 Å². The van der Waals surface area contributed by atoms with Gasteiger partial charge in [-0.15, -0.1) is 0 Å². The molecule has 0 fully saturated rings. The summed E-state index contributed by atoms with van der Waals surface area (Å²) in [7, 11) is 1.80. The normalized spacial score (nSPS) is 13.2. The Morgan fingerprint density at radius 1 is 1.30 bits per heavy atom. The second-order valence-corrected chi connectivity index (χ2v) is 9.76. The Kier molecular flexibility index (Phi) is 6.26. The van der Waals surface area contributed by atoms with Crippen molar-refractivity contribution in [2.75, 3.05) is 6.54 Å². The van der Waals surface area contributed by atoms with Crippen LogP contribution in [0.2, 0.25) is 8.80 Å². The minimum atomic E-state index is -0.857. The van der Waals surface area contributed by atoms with Crippen LogP contribution in [0.3, 0.4) is 0 Å². The van der Waals surface area contributed by atoms with Gasteiger partial charge < -0.3 is 9.84 Å². The highest BCUT2D eigenvalue weighted by atomic mass is 35.5. The maximum absolute atomic E-state index is 14.0. The molecule has 0 radical (unpaired) electrons. The molecule has 1 atom stereocenters. The summed E-state index contributed by atoms with van der Waals surface area (Å²) in [5.41, 5.74) is 1.24. The van der Waals surface area contributed by atoms with Crippen molar-refractivity contribution in [3.8, 4) is 11.3 Å². The number of hydrogen-bond acceptors (Lipinski definition) is 6. The summed E-state index contributed by atoms with van der Waals surface area (Å²) in [5, 5.41) is 10.8. The van der Waals surface area contributed by atoms with Gasteiger partial charge in [0.1, 0.15) is 16.0 Å². The summed E-state index contributed by atoms with van der Waals surface area (Å²) in [6.07, 6.45) is 1.69. The molecule has 0 saturated heterocycles. The minimum absolute atomic E-state index is 0.00200. The largest absolute Gasteiger partial charge is 0.355 e. The molecule has 0 aliphatic heterocycles. The zero-order valence-electron chi connectivity index (χ0n) is 17.6. The number of thiazole rings is 1. The number of hydrogen-bond donors (Lipinski definition) is 1. The van der Waals surface area contributed by atoms with E-state index < -0.39 is 23.0 Å². The molecule has 172 valence electrons. The van der Waals surface area contributed by atoms with Crippen molar-refractivity contribution >= 4 is 40.4 Å². The van der Waals surface area contributed by atoms with Crippen LogP contribution in [0.5, 0.6) is 0 Å². The fraction of sp³-hybridized carbons (Fsp3) is 0.238. The summed E-state index contributed by atoms with van der Waals surface area (Å²) in [6, 6.07) is 4.31. The third-order valence-electron chi connectivity index (χ3n) is 5.45. The molecule has 4 aromatic rings. The third kappa shape index (κ3) is 4.38. The lowest BCUT2D eigenvalue weighted by Gasteiger charge is -2.28. The molecule has 0 saturated carbocycles. The van der Waals surface area contributed by atoms with Crippen molar-refractivity contribution < 1.29 is 18.1 Å². The van der Waals surface area contributed by atoms with E-state index in [4.69, 9.17) is 27.7 Å². The SMILES string of the molecule is Cc1c(C(C)(CNC(=O)c2cc(-c3ccc(F)cc3F)on2)c2nc(Cl)sc2Cl)cnn1C. The van der Waals surface area contributed by atoms with E-state index in [-0.39, 0.29) is 28.0 Å². The predicted molar refractivity (Wildman–Crippen MR) is 121 cm³/mol. The van der Waals surface area contributed by atoms with Gasteiger partial charge in [-0.2, -0.15) is 5.10 Å². The number of halogens is 4. The Morgan fingerprint density at radius 2 is 2.06 bits per heavy atom. The summed E-state index contributed by atoms with van der Waals surface area (Å²) >= 11 is 13.6. The van der Waals surface area contributed by atoms with E-state index in [1.54, 1.807) is 17.9 Å². The Labute approximate surface area is 201 Å². The molecule has 0 spiro atoms. The third-order valence-corrected chi connectivity index (χ3v) is 6.81. The monoisotopic (exact) mass is 511 g/mol. The van der Waals surface area contributed by atoms with Gasteiger partial charge in [-0.1, -0.05) is 39.7 Å². The van der Waals surface area contributed by atoms with Crippen LogP contribution in [-0.2, 0) is 12.5 Å². The number of aryl methyl sites for hydroxylation is 1. The molecule has 3 aromatic heterocycles. The Balaban J connectivity index is 1.61. The van der Waals surface area contributed by atoms with E-state index in [0.717, 1.165) is 34.7 Å². The first kappa shape index (κ1) is 23.3. The van der Waals surface area contributed by atoms with Gasteiger partial charge in [-0.05, 0) is 26.0 Å². The van der Waals surface area contributed by atoms with Crippen molar-refractivity contribution in [1.29, 1.82) is 0 Å². The molecule has 12 heteroatoms. The van der Waals surface area contributed by atoms with Gasteiger partial charge in [0.25, 0.3) is 5.91 Å². The number of nitrogens with one attached hydrogen (secondary N) is 1. The van der Waals surface area contributed by atoms with Crippen molar-refractivity contribution in [1.82, 2.24) is 25.2 Å². The number of carbonyl (C=O) groups excluding carboxylic acids is 1. The van der Waals surface area contributed by atoms with E-state index in [1.165, 1.54) is 12.1 Å². The number of benzene rings is 1. The summed E-state index contributed by atoms with van der Waals surface area (Å²) in [5.74, 6) is -2.11. The highest BCUT2D eigenvalue weighted by molar-refractivity contribution is 7.19. The molecule has 1 N–H and O–H groups in total. The summed E-state index contributed by atoms with van der Waals surface area (Å²) in [4.78, 5) is 17.2. The molecule has 7 nitrogen and oxygen atoms in total. The molecule has 3 heterocycles. The highest BCUT2D eigenvalue weighted by Gasteiger charge is 2.37. The number of carbonyl (C=O) groups is 1. The van der Waals surface area contributed by atoms with Crippen molar-refractivity contribution in [3.05, 3.63) is 73.5 Å². The average molecular weight is 512 g/mol. The molecular weight excluding hydrogens is 495 g/mol. The summed E-state index contributed by atoms with van der Waals surface area (Å²) in [6.45, 7) is 3.85. The fourth-order valence-electron chi connectivity index (χ4n) is 3.51. The fourth-order valence-corrected chi connectivity index (χ4v) is 5.07. The number of aromatic nitrogens is 4. The Bertz CT molecular complexity index is 1350. The molecule has 0 bridgehead atoms. The number of rotatable bonds is 6. The molecule has 4 rings (SSSR count). The van der Waals surface area contributed by atoms with Crippen LogP contribution in [0.25, 0.3) is 11.3 Å². The summed E-state index contributed by atoms with van der Waals surface area (Å²) < 4.78 is 34.7. The van der Waals surface area contributed by atoms with E-state index in [2.05, 4.69) is 20.6 Å². The van der Waals surface area contributed by atoms with Crippen molar-refractivity contribution in [3.63, 3.8) is 0 Å². The molecule has 0 aliphatic carbocycles. The topological polar surface area (TPSA) is 85.8 Å². The molecular formula is C21H17Cl2F2N5O2S. The molecule has 0 aliphatic rings. The maximum atomic E-state index is 14.0. The van der Waals surface area contributed by atoms with Crippen LogP contribution < -0.4 is 5.32 Å². The Hall–Kier alpha value is -2.82. The zero-order chi connectivity index (χ0) is 23.9. The van der Waals surface area contributed by atoms with E-state index >= 15 is 0 Å². The highest BCUT2D eigenvalue weighted by Crippen LogP contribution is 2.40. The van der Waals surface area contributed by atoms with Gasteiger partial charge in [-0.25, -0.2) is 13.8 Å². The number of nitrogens with zero attached hydrogens (tertiary/aromatic N) is 4. The zero-order valence-corrected chi connectivity index (χ0v) is 19.9. The first-order valence-electron chi connectivity index (χ1n) is 9.62. The van der Waals surface area contributed by atoms with Crippen LogP contribution >= 0.6 is 34.5 Å². The predicted octanol–water partition coefficient (Wildman–Crippen LogP) is 5.16. The first-order chi connectivity index (χ1) is 15.6. The number of amides is 1. The Morgan fingerprint density at radius 3 is 2.67 bits per heavy atom. The van der Waals surface area contributed by atoms with E-state index in [9.17, 15) is 13.6 Å². The average Bonchev–Trinajstić information content (AvgIpc) is 3.46. The van der Waals surface area contributed by atoms with Gasteiger partial charge in [0.15, 0.2) is 15.9 Å². The van der Waals surface area contributed by atoms with Gasteiger partial charge in [0, 0.05) is 37.0 Å². The second-order valence-electron chi connectivity index (χ2n) is 7.57. The van der Waals surface area contributed by atoms with E-state index in [0.29, 0.717) is 10.0 Å². The van der Waals surface area contributed by atoms with Gasteiger partial charge in [0.05, 0.1) is 22.9 Å². The lowest BCUT2D eigenvalue weighted by Crippen LogP contribution is -2.40. The smallest absolute Gasteiger partial charge is 0.273 e. The minimum Gasteiger partial charge on any atom is -0.355 e. The lowest BCUT2D eigenvalue weighted by atomic mass is 9.80. The van der Waals surface area contributed by atoms with Crippen LogP contribution in [-0.4, -0.2) is 32.4 Å². The van der Waals surface area contributed by atoms with Crippen molar-refractivity contribution in [2.24, 2.45) is 7.05 Å². The van der Waals surface area contributed by atoms with Crippen LogP contribution in [0, 0.1) is 18.6 Å². The van der Waals surface area contributed by atoms with Crippen LogP contribution in [0.1, 0.15) is 34.4 Å². The first-order valence-corrected chi connectivity index (χ1v) is 11.2. The quantitative estimate of drug-likeness (QED) is 0.386. The van der Waals surface area contributed by atoms with Gasteiger partial charge in [-0.3, -0.25) is 9.48 Å². The second kappa shape index (κ2) is 8.85. The maximum Gasteiger partial charge on any atom is 0.273 e. The molecule has 1 aromatic carbocycles. The van der Waals surface area contributed by atoms with Gasteiger partial charge in [0.2, 0.25) is 0 Å². The molecule has 33 heavy (non-hydrogen) atoms. The van der Waals surface area contributed by atoms with Crippen LogP contribution in [0.15, 0.2) is 35.0 Å². The van der Waals surface area contributed by atoms with E-state index in [1.807, 2.05) is 13.8 Å². The molecule has 1 unspecified atom stereocenters. The standard InChI is InChI=1S/C21H17Cl2F2N5O2S/c1-10-13(8-27-30(10)3)21(2,17-18(22)33-20(23)28-17)9-26-19(31)15-7-16(32-29-15)12-5-4-11(24)6-14(12)25/h4-8H,9H2,1-3H3,(H,26,31). The van der Waals surface area contributed by atoms with Crippen molar-refractivity contribution in [2.45, 2.75) is 19.3 Å². The lowest BCUT2D eigenvalue weighted by molar-refractivity contribution is 0.0938. The van der Waals surface area contributed by atoms with Gasteiger partial charge >= 0.3 is 0 Å².